The number of hydrogen-bond acceptors (Lipinski definition) is 1. The van der Waals surface area contributed by atoms with Gasteiger partial charge in [0.25, 0.3) is 0 Å². The first-order chi connectivity index (χ1) is 8.16. The maximum atomic E-state index is 12.1. The largest absolute Gasteiger partial charge is 0.294 e. The zero-order chi connectivity index (χ0) is 12.3. The molecule has 2 aromatic rings. The van der Waals surface area contributed by atoms with Crippen LogP contribution in [-0.2, 0) is 6.42 Å². The Morgan fingerprint density at radius 2 is 1.88 bits per heavy atom. The second-order valence-corrected chi connectivity index (χ2v) is 4.92. The molecule has 0 aliphatic carbocycles. The van der Waals surface area contributed by atoms with E-state index in [0.717, 1.165) is 15.6 Å². The van der Waals surface area contributed by atoms with Crippen LogP contribution in [0.1, 0.15) is 21.5 Å². The van der Waals surface area contributed by atoms with Crippen LogP contribution < -0.4 is 0 Å². The Morgan fingerprint density at radius 3 is 2.59 bits per heavy atom. The van der Waals surface area contributed by atoms with Gasteiger partial charge in [-0.1, -0.05) is 64.0 Å². The average Bonchev–Trinajstić information content (AvgIpc) is 2.29. The fraction of sp³-hybridized carbons (Fsp3) is 0.133. The summed E-state index contributed by atoms with van der Waals surface area (Å²) in [4.78, 5) is 12.1. The summed E-state index contributed by atoms with van der Waals surface area (Å²) in [5.41, 5.74) is 2.99. The molecule has 86 valence electrons. The van der Waals surface area contributed by atoms with Gasteiger partial charge in [-0.05, 0) is 18.6 Å². The van der Waals surface area contributed by atoms with Crippen molar-refractivity contribution in [2.24, 2.45) is 0 Å². The first kappa shape index (κ1) is 12.1. The smallest absolute Gasteiger partial charge is 0.168 e. The van der Waals surface area contributed by atoms with Gasteiger partial charge in [0.1, 0.15) is 0 Å². The molecule has 2 rings (SSSR count). The number of aryl methyl sites for hydroxylation is 1. The number of carbonyl (C=O) groups is 1. The summed E-state index contributed by atoms with van der Waals surface area (Å²) in [6.45, 7) is 2.03. The molecule has 0 aromatic heterocycles. The van der Waals surface area contributed by atoms with Crippen LogP contribution in [0.4, 0.5) is 0 Å². The zero-order valence-corrected chi connectivity index (χ0v) is 11.2. The third kappa shape index (κ3) is 3.04. The van der Waals surface area contributed by atoms with E-state index in [-0.39, 0.29) is 5.78 Å². The minimum Gasteiger partial charge on any atom is -0.294 e. The highest BCUT2D eigenvalue weighted by Gasteiger charge is 2.09. The number of hydrogen-bond donors (Lipinski definition) is 0. The number of halogens is 1. The number of carbonyl (C=O) groups excluding carboxylic acids is 1. The van der Waals surface area contributed by atoms with Crippen molar-refractivity contribution in [1.82, 2.24) is 0 Å². The third-order valence-corrected chi connectivity index (χ3v) is 3.31. The van der Waals surface area contributed by atoms with Gasteiger partial charge in [0.05, 0.1) is 0 Å². The molecule has 0 saturated heterocycles. The zero-order valence-electron chi connectivity index (χ0n) is 9.61. The summed E-state index contributed by atoms with van der Waals surface area (Å²) >= 11 is 3.40. The highest BCUT2D eigenvalue weighted by atomic mass is 79.9. The molecule has 0 aliphatic rings. The molecule has 2 heteroatoms. The molecule has 17 heavy (non-hydrogen) atoms. The van der Waals surface area contributed by atoms with Gasteiger partial charge in [-0.15, -0.1) is 0 Å². The summed E-state index contributed by atoms with van der Waals surface area (Å²) in [6, 6.07) is 15.6. The topological polar surface area (TPSA) is 17.1 Å². The van der Waals surface area contributed by atoms with Gasteiger partial charge in [0, 0.05) is 16.5 Å². The molecule has 0 N–H and O–H groups in total. The Balaban J connectivity index is 2.20. The molecular formula is C15H13BrO. The second kappa shape index (κ2) is 5.28. The molecule has 0 atom stereocenters. The Bertz CT molecular complexity index is 546. The monoisotopic (exact) mass is 288 g/mol. The van der Waals surface area contributed by atoms with Crippen molar-refractivity contribution in [2.45, 2.75) is 13.3 Å². The van der Waals surface area contributed by atoms with Crippen molar-refractivity contribution in [3.05, 3.63) is 69.7 Å². The molecule has 0 unspecified atom stereocenters. The van der Waals surface area contributed by atoms with Crippen LogP contribution in [0.5, 0.6) is 0 Å². The minimum absolute atomic E-state index is 0.142. The quantitative estimate of drug-likeness (QED) is 0.775. The summed E-state index contributed by atoms with van der Waals surface area (Å²) in [7, 11) is 0. The van der Waals surface area contributed by atoms with Gasteiger partial charge in [0.2, 0.25) is 0 Å². The molecule has 0 bridgehead atoms. The van der Waals surface area contributed by atoms with Crippen molar-refractivity contribution in [1.29, 1.82) is 0 Å². The first-order valence-electron chi connectivity index (χ1n) is 5.50. The number of Topliss-reactive ketones (excluding diaryl/α,β-unsaturated/α-hetero) is 1. The summed E-state index contributed by atoms with van der Waals surface area (Å²) < 4.78 is 0.859. The Labute approximate surface area is 110 Å². The van der Waals surface area contributed by atoms with E-state index in [1.165, 1.54) is 5.56 Å². The maximum absolute atomic E-state index is 12.1. The van der Waals surface area contributed by atoms with Gasteiger partial charge < -0.3 is 0 Å². The highest BCUT2D eigenvalue weighted by molar-refractivity contribution is 9.10. The fourth-order valence-corrected chi connectivity index (χ4v) is 2.30. The van der Waals surface area contributed by atoms with Crippen LogP contribution in [0.2, 0.25) is 0 Å². The fourth-order valence-electron chi connectivity index (χ4n) is 1.79. The second-order valence-electron chi connectivity index (χ2n) is 4.07. The van der Waals surface area contributed by atoms with Crippen molar-refractivity contribution in [3.63, 3.8) is 0 Å². The normalized spacial score (nSPS) is 10.2. The van der Waals surface area contributed by atoms with Crippen LogP contribution in [-0.4, -0.2) is 5.78 Å². The Hall–Kier alpha value is -1.41. The molecule has 1 nitrogen and oxygen atoms in total. The lowest BCUT2D eigenvalue weighted by Crippen LogP contribution is -2.04. The molecule has 0 saturated carbocycles. The average molecular weight is 289 g/mol. The summed E-state index contributed by atoms with van der Waals surface area (Å²) in [5, 5.41) is 0. The highest BCUT2D eigenvalue weighted by Crippen LogP contribution is 2.18. The van der Waals surface area contributed by atoms with Gasteiger partial charge in [-0.25, -0.2) is 0 Å². The number of ketones is 1. The molecule has 0 heterocycles. The predicted octanol–water partition coefficient (Wildman–Crippen LogP) is 4.18. The molecule has 0 fully saturated rings. The van der Waals surface area contributed by atoms with Crippen LogP contribution in [0, 0.1) is 6.92 Å². The van der Waals surface area contributed by atoms with E-state index in [1.807, 2.05) is 49.4 Å². The van der Waals surface area contributed by atoms with E-state index in [0.29, 0.717) is 6.42 Å². The third-order valence-electron chi connectivity index (χ3n) is 2.62. The standard InChI is InChI=1S/C15H13BrO/c1-11-5-4-6-12(9-11)10-15(17)13-7-2-3-8-14(13)16/h2-9H,10H2,1H3. The lowest BCUT2D eigenvalue weighted by molar-refractivity contribution is 0.0992. The summed E-state index contributed by atoms with van der Waals surface area (Å²) in [5.74, 6) is 0.142. The molecule has 0 spiro atoms. The van der Waals surface area contributed by atoms with E-state index in [9.17, 15) is 4.79 Å². The van der Waals surface area contributed by atoms with Gasteiger partial charge in [-0.3, -0.25) is 4.79 Å². The lowest BCUT2D eigenvalue weighted by Gasteiger charge is -2.04. The van der Waals surface area contributed by atoms with Crippen LogP contribution in [0.15, 0.2) is 53.0 Å². The molecule has 2 aromatic carbocycles. The SMILES string of the molecule is Cc1cccc(CC(=O)c2ccccc2Br)c1. The van der Waals surface area contributed by atoms with Crippen molar-refractivity contribution >= 4 is 21.7 Å². The Morgan fingerprint density at radius 1 is 1.12 bits per heavy atom. The van der Waals surface area contributed by atoms with E-state index in [4.69, 9.17) is 0 Å². The van der Waals surface area contributed by atoms with E-state index in [1.54, 1.807) is 0 Å². The summed E-state index contributed by atoms with van der Waals surface area (Å²) in [6.07, 6.45) is 0.449. The molecular weight excluding hydrogens is 276 g/mol. The first-order valence-corrected chi connectivity index (χ1v) is 6.29. The number of benzene rings is 2. The molecule has 0 radical (unpaired) electrons. The van der Waals surface area contributed by atoms with Crippen LogP contribution in [0.25, 0.3) is 0 Å². The van der Waals surface area contributed by atoms with Crippen LogP contribution in [0.3, 0.4) is 0 Å². The van der Waals surface area contributed by atoms with Gasteiger partial charge >= 0.3 is 0 Å². The van der Waals surface area contributed by atoms with Crippen LogP contribution >= 0.6 is 15.9 Å². The maximum Gasteiger partial charge on any atom is 0.168 e. The van der Waals surface area contributed by atoms with Crippen molar-refractivity contribution < 1.29 is 4.79 Å². The van der Waals surface area contributed by atoms with Gasteiger partial charge in [0.15, 0.2) is 5.78 Å². The van der Waals surface area contributed by atoms with Crippen molar-refractivity contribution in [3.8, 4) is 0 Å². The van der Waals surface area contributed by atoms with E-state index in [2.05, 4.69) is 22.0 Å². The lowest BCUT2D eigenvalue weighted by atomic mass is 10.0. The molecule has 0 amide bonds. The van der Waals surface area contributed by atoms with Gasteiger partial charge in [-0.2, -0.15) is 0 Å². The van der Waals surface area contributed by atoms with E-state index >= 15 is 0 Å². The predicted molar refractivity (Wildman–Crippen MR) is 73.4 cm³/mol. The minimum atomic E-state index is 0.142. The van der Waals surface area contributed by atoms with E-state index < -0.39 is 0 Å². The van der Waals surface area contributed by atoms with Crippen molar-refractivity contribution in [2.75, 3.05) is 0 Å². The molecule has 0 aliphatic heterocycles. The Kier molecular flexibility index (Phi) is 3.75. The number of rotatable bonds is 3.